The zero-order valence-electron chi connectivity index (χ0n) is 15.3. The maximum Gasteiger partial charge on any atom is 0.219 e. The molecule has 0 radical (unpaired) electrons. The van der Waals surface area contributed by atoms with Crippen LogP contribution in [-0.2, 0) is 14.8 Å². The van der Waals surface area contributed by atoms with Crippen LogP contribution in [0.4, 0.5) is 0 Å². The number of hydrogen-bond acceptors (Lipinski definition) is 4. The number of amides is 1. The highest BCUT2D eigenvalue weighted by molar-refractivity contribution is 7.89. The van der Waals surface area contributed by atoms with E-state index in [4.69, 9.17) is 0 Å². The van der Waals surface area contributed by atoms with Gasteiger partial charge in [0.2, 0.25) is 15.9 Å². The van der Waals surface area contributed by atoms with Crippen LogP contribution in [0.1, 0.15) is 33.1 Å². The first kappa shape index (κ1) is 20.0. The number of rotatable bonds is 7. The fourth-order valence-corrected chi connectivity index (χ4v) is 3.91. The Hall–Kier alpha value is -1.35. The maximum absolute atomic E-state index is 12.1. The Morgan fingerprint density at radius 3 is 2.32 bits per heavy atom. The van der Waals surface area contributed by atoms with Gasteiger partial charge < -0.3 is 15.1 Å². The van der Waals surface area contributed by atoms with Crippen LogP contribution in [-0.4, -0.2) is 81.7 Å². The number of guanidine groups is 1. The van der Waals surface area contributed by atoms with Crippen molar-refractivity contribution in [1.29, 1.82) is 0 Å². The first-order valence-corrected chi connectivity index (χ1v) is 10.8. The molecule has 1 saturated carbocycles. The number of carbonyl (C=O) groups excluding carboxylic acids is 1. The molecule has 8 nitrogen and oxygen atoms in total. The second-order valence-electron chi connectivity index (χ2n) is 6.69. The Morgan fingerprint density at radius 1 is 1.16 bits per heavy atom. The van der Waals surface area contributed by atoms with Gasteiger partial charge in [-0.1, -0.05) is 6.42 Å². The topological polar surface area (TPSA) is 94.1 Å². The molecule has 0 spiro atoms. The van der Waals surface area contributed by atoms with Crippen LogP contribution in [0.15, 0.2) is 4.99 Å². The summed E-state index contributed by atoms with van der Waals surface area (Å²) in [7, 11) is -3.27. The van der Waals surface area contributed by atoms with Gasteiger partial charge in [0.25, 0.3) is 0 Å². The Kier molecular flexibility index (Phi) is 7.49. The average molecular weight is 374 g/mol. The molecule has 1 saturated heterocycles. The number of carbonyl (C=O) groups is 1. The minimum Gasteiger partial charge on any atom is -0.357 e. The lowest BCUT2D eigenvalue weighted by atomic mass is 9.86. The van der Waals surface area contributed by atoms with E-state index < -0.39 is 10.0 Å². The van der Waals surface area contributed by atoms with Crippen molar-refractivity contribution in [3.8, 4) is 0 Å². The van der Waals surface area contributed by atoms with Gasteiger partial charge in [0.15, 0.2) is 5.96 Å². The minimum atomic E-state index is -3.27. The van der Waals surface area contributed by atoms with Gasteiger partial charge >= 0.3 is 0 Å². The zero-order valence-corrected chi connectivity index (χ0v) is 16.1. The van der Waals surface area contributed by atoms with Crippen LogP contribution in [0.25, 0.3) is 0 Å². The molecule has 1 aliphatic carbocycles. The van der Waals surface area contributed by atoms with Crippen LogP contribution in [0.3, 0.4) is 0 Å². The fraction of sp³-hybridized carbons (Fsp3) is 0.875. The number of nitrogens with zero attached hydrogens (tertiary/aromatic N) is 3. The Morgan fingerprint density at radius 2 is 1.80 bits per heavy atom. The Labute approximate surface area is 151 Å². The van der Waals surface area contributed by atoms with Gasteiger partial charge in [-0.15, -0.1) is 0 Å². The molecule has 9 heteroatoms. The van der Waals surface area contributed by atoms with Crippen molar-refractivity contribution in [3.05, 3.63) is 0 Å². The third-order valence-electron chi connectivity index (χ3n) is 4.80. The monoisotopic (exact) mass is 373 g/mol. The molecule has 0 unspecified atom stereocenters. The summed E-state index contributed by atoms with van der Waals surface area (Å²) in [5, 5.41) is 3.21. The predicted molar refractivity (Wildman–Crippen MR) is 98.9 cm³/mol. The van der Waals surface area contributed by atoms with E-state index in [2.05, 4.69) is 19.9 Å². The quantitative estimate of drug-likeness (QED) is 0.478. The van der Waals surface area contributed by atoms with E-state index in [-0.39, 0.29) is 18.2 Å². The van der Waals surface area contributed by atoms with E-state index in [0.29, 0.717) is 38.6 Å². The highest BCUT2D eigenvalue weighted by Crippen LogP contribution is 2.25. The molecule has 0 aromatic heterocycles. The summed E-state index contributed by atoms with van der Waals surface area (Å²) in [6.45, 7) is 7.82. The third-order valence-corrected chi connectivity index (χ3v) is 6.12. The number of piperazine rings is 1. The second-order valence-corrected chi connectivity index (χ2v) is 8.62. The zero-order chi connectivity index (χ0) is 18.3. The Balaban J connectivity index is 1.81. The summed E-state index contributed by atoms with van der Waals surface area (Å²) in [6, 6.07) is 0. The highest BCUT2D eigenvalue weighted by atomic mass is 32.2. The molecule has 144 valence electrons. The summed E-state index contributed by atoms with van der Waals surface area (Å²) in [6.07, 6.45) is 3.45. The number of hydrogen-bond donors (Lipinski definition) is 2. The van der Waals surface area contributed by atoms with Crippen molar-refractivity contribution >= 4 is 21.9 Å². The van der Waals surface area contributed by atoms with Gasteiger partial charge in [-0.25, -0.2) is 13.1 Å². The molecule has 0 aromatic carbocycles. The minimum absolute atomic E-state index is 0.00201. The molecular weight excluding hydrogens is 342 g/mol. The summed E-state index contributed by atoms with van der Waals surface area (Å²) in [5.74, 6) is 1.32. The lowest BCUT2D eigenvalue weighted by Gasteiger charge is -2.36. The van der Waals surface area contributed by atoms with Gasteiger partial charge in [-0.2, -0.15) is 0 Å². The van der Waals surface area contributed by atoms with E-state index in [1.165, 1.54) is 6.42 Å². The summed E-state index contributed by atoms with van der Waals surface area (Å²) >= 11 is 0. The van der Waals surface area contributed by atoms with E-state index in [1.807, 2.05) is 11.8 Å². The lowest BCUT2D eigenvalue weighted by Crippen LogP contribution is -2.53. The highest BCUT2D eigenvalue weighted by Gasteiger charge is 2.22. The molecule has 1 aliphatic heterocycles. The molecule has 2 N–H and O–H groups in total. The molecule has 1 amide bonds. The summed E-state index contributed by atoms with van der Waals surface area (Å²) in [5.41, 5.74) is 0. The molecular formula is C16H31N5O3S. The van der Waals surface area contributed by atoms with Crippen molar-refractivity contribution in [1.82, 2.24) is 19.8 Å². The first-order chi connectivity index (χ1) is 11.9. The van der Waals surface area contributed by atoms with Crippen molar-refractivity contribution in [3.63, 3.8) is 0 Å². The molecule has 2 rings (SSSR count). The fourth-order valence-electron chi connectivity index (χ4n) is 2.94. The molecule has 0 bridgehead atoms. The van der Waals surface area contributed by atoms with Crippen molar-refractivity contribution in [2.75, 3.05) is 51.6 Å². The normalized spacial score (nSPS) is 19.7. The molecule has 2 aliphatic rings. The van der Waals surface area contributed by atoms with Crippen molar-refractivity contribution < 1.29 is 13.2 Å². The van der Waals surface area contributed by atoms with Crippen molar-refractivity contribution in [2.24, 2.45) is 10.9 Å². The van der Waals surface area contributed by atoms with Gasteiger partial charge in [0.1, 0.15) is 0 Å². The van der Waals surface area contributed by atoms with Crippen LogP contribution in [0, 0.1) is 5.92 Å². The van der Waals surface area contributed by atoms with E-state index in [0.717, 1.165) is 25.3 Å². The second kappa shape index (κ2) is 9.38. The number of sulfonamides is 1. The largest absolute Gasteiger partial charge is 0.357 e. The third kappa shape index (κ3) is 6.47. The van der Waals surface area contributed by atoms with E-state index in [1.54, 1.807) is 6.92 Å². The predicted octanol–water partition coefficient (Wildman–Crippen LogP) is -0.164. The van der Waals surface area contributed by atoms with E-state index in [9.17, 15) is 13.2 Å². The van der Waals surface area contributed by atoms with Gasteiger partial charge in [-0.05, 0) is 25.7 Å². The molecule has 2 fully saturated rings. The van der Waals surface area contributed by atoms with Crippen LogP contribution >= 0.6 is 0 Å². The van der Waals surface area contributed by atoms with Crippen LogP contribution in [0.5, 0.6) is 0 Å². The van der Waals surface area contributed by atoms with Gasteiger partial charge in [0, 0.05) is 46.2 Å². The van der Waals surface area contributed by atoms with E-state index >= 15 is 0 Å². The summed E-state index contributed by atoms with van der Waals surface area (Å²) in [4.78, 5) is 19.8. The summed E-state index contributed by atoms with van der Waals surface area (Å²) < 4.78 is 26.8. The molecule has 0 atom stereocenters. The molecule has 1 heterocycles. The smallest absolute Gasteiger partial charge is 0.219 e. The van der Waals surface area contributed by atoms with Crippen LogP contribution < -0.4 is 10.0 Å². The number of aliphatic imine (C=N–C) groups is 1. The molecule has 0 aromatic rings. The standard InChI is InChI=1S/C16H31N5O3S/c1-3-17-16(21-10-8-20(9-11-21)14(2)22)18-7-12-25(23,24)19-13-15-5-4-6-15/h15,19H,3-13H2,1-2H3,(H,17,18). The van der Waals surface area contributed by atoms with Gasteiger partial charge in [-0.3, -0.25) is 9.79 Å². The first-order valence-electron chi connectivity index (χ1n) is 9.17. The van der Waals surface area contributed by atoms with Crippen LogP contribution in [0.2, 0.25) is 0 Å². The van der Waals surface area contributed by atoms with Gasteiger partial charge in [0.05, 0.1) is 12.3 Å². The van der Waals surface area contributed by atoms with Crippen molar-refractivity contribution in [2.45, 2.75) is 33.1 Å². The lowest BCUT2D eigenvalue weighted by molar-refractivity contribution is -0.130. The maximum atomic E-state index is 12.1. The number of nitrogens with one attached hydrogen (secondary N) is 2. The average Bonchev–Trinajstić information content (AvgIpc) is 2.52. The SMILES string of the molecule is CCNC(=NCCS(=O)(=O)NCC1CCC1)N1CCN(C(C)=O)CC1. The molecule has 25 heavy (non-hydrogen) atoms. The Bertz CT molecular complexity index is 566.